The lowest BCUT2D eigenvalue weighted by atomic mass is 9.95. The topological polar surface area (TPSA) is 0 Å². The van der Waals surface area contributed by atoms with Crippen LogP contribution in [0.3, 0.4) is 0 Å². The lowest BCUT2D eigenvalue weighted by Crippen LogP contribution is -1.87. The number of hydrogen-bond donors (Lipinski definition) is 0. The first-order valence-corrected chi connectivity index (χ1v) is 6.10. The zero-order valence-corrected chi connectivity index (χ0v) is 9.66. The molecule has 3 rings (SSSR count). The van der Waals surface area contributed by atoms with Gasteiger partial charge < -0.3 is 0 Å². The maximum Gasteiger partial charge on any atom is -0.00851 e. The van der Waals surface area contributed by atoms with Crippen LogP contribution in [0.25, 0.3) is 16.3 Å². The highest BCUT2D eigenvalue weighted by Crippen LogP contribution is 2.36. The van der Waals surface area contributed by atoms with Crippen LogP contribution < -0.4 is 0 Å². The standard InChI is InChI=1S/C16H16/c1-2-5-13-10-11-14-9-8-12-6-3-4-7-15(12)16(13)14/h3-4,6-10H,2,5,11H2,1H3. The number of allylic oxidation sites excluding steroid dienone is 2. The Morgan fingerprint density at radius 3 is 2.81 bits per heavy atom. The third kappa shape index (κ3) is 1.37. The van der Waals surface area contributed by atoms with Gasteiger partial charge in [0.2, 0.25) is 0 Å². The zero-order chi connectivity index (χ0) is 11.0. The molecule has 16 heavy (non-hydrogen) atoms. The van der Waals surface area contributed by atoms with Crippen molar-refractivity contribution in [2.45, 2.75) is 26.2 Å². The summed E-state index contributed by atoms with van der Waals surface area (Å²) < 4.78 is 0. The maximum absolute atomic E-state index is 2.40. The summed E-state index contributed by atoms with van der Waals surface area (Å²) in [6.45, 7) is 2.25. The first-order valence-electron chi connectivity index (χ1n) is 6.10. The molecule has 0 saturated carbocycles. The highest BCUT2D eigenvalue weighted by Gasteiger charge is 2.15. The molecule has 0 atom stereocenters. The molecular weight excluding hydrogens is 192 g/mol. The fourth-order valence-corrected chi connectivity index (χ4v) is 2.70. The van der Waals surface area contributed by atoms with Gasteiger partial charge in [0.05, 0.1) is 0 Å². The van der Waals surface area contributed by atoms with Crippen molar-refractivity contribution in [3.05, 3.63) is 53.6 Å². The minimum absolute atomic E-state index is 1.12. The van der Waals surface area contributed by atoms with Crippen LogP contribution in [-0.4, -0.2) is 0 Å². The molecule has 1 aliphatic rings. The van der Waals surface area contributed by atoms with Crippen LogP contribution in [0.4, 0.5) is 0 Å². The van der Waals surface area contributed by atoms with Gasteiger partial charge in [-0.2, -0.15) is 0 Å². The Hall–Kier alpha value is -1.56. The summed E-state index contributed by atoms with van der Waals surface area (Å²) in [5, 5.41) is 2.79. The van der Waals surface area contributed by atoms with E-state index in [4.69, 9.17) is 0 Å². The molecule has 0 fully saturated rings. The highest BCUT2D eigenvalue weighted by molar-refractivity contribution is 5.96. The summed E-state index contributed by atoms with van der Waals surface area (Å²) in [6.07, 6.45) is 5.96. The molecule has 0 N–H and O–H groups in total. The first kappa shape index (κ1) is 9.65. The van der Waals surface area contributed by atoms with Crippen molar-refractivity contribution in [1.29, 1.82) is 0 Å². The molecule has 0 unspecified atom stereocenters. The lowest BCUT2D eigenvalue weighted by Gasteiger charge is -2.09. The van der Waals surface area contributed by atoms with Crippen LogP contribution in [0, 0.1) is 0 Å². The summed E-state index contributed by atoms with van der Waals surface area (Å²) in [5.41, 5.74) is 4.57. The zero-order valence-electron chi connectivity index (χ0n) is 9.66. The molecule has 0 aromatic heterocycles. The van der Waals surface area contributed by atoms with Crippen LogP contribution in [0.2, 0.25) is 0 Å². The van der Waals surface area contributed by atoms with Crippen molar-refractivity contribution < 1.29 is 0 Å². The molecule has 0 amide bonds. The molecule has 0 heteroatoms. The van der Waals surface area contributed by atoms with E-state index in [1.165, 1.54) is 34.7 Å². The van der Waals surface area contributed by atoms with E-state index >= 15 is 0 Å². The van der Waals surface area contributed by atoms with Gasteiger partial charge in [-0.1, -0.05) is 55.8 Å². The van der Waals surface area contributed by atoms with E-state index in [0.29, 0.717) is 0 Å². The molecule has 2 aromatic carbocycles. The highest BCUT2D eigenvalue weighted by atomic mass is 14.2. The SMILES string of the molecule is CCCC1=CCc2ccc3ccccc3c21. The molecule has 1 aliphatic carbocycles. The molecule has 0 spiro atoms. The predicted octanol–water partition coefficient (Wildman–Crippen LogP) is 4.58. The normalized spacial score (nSPS) is 13.9. The third-order valence-corrected chi connectivity index (χ3v) is 3.42. The van der Waals surface area contributed by atoms with E-state index in [1.54, 1.807) is 5.57 Å². The summed E-state index contributed by atoms with van der Waals surface area (Å²) in [7, 11) is 0. The Morgan fingerprint density at radius 2 is 1.94 bits per heavy atom. The van der Waals surface area contributed by atoms with Gasteiger partial charge in [-0.15, -0.1) is 0 Å². The second-order valence-corrected chi connectivity index (χ2v) is 4.50. The van der Waals surface area contributed by atoms with E-state index in [9.17, 15) is 0 Å². The molecule has 80 valence electrons. The van der Waals surface area contributed by atoms with Gasteiger partial charge in [0, 0.05) is 0 Å². The third-order valence-electron chi connectivity index (χ3n) is 3.42. The molecule has 0 radical (unpaired) electrons. The molecule has 0 nitrogen and oxygen atoms in total. The van der Waals surface area contributed by atoms with Crippen molar-refractivity contribution >= 4 is 16.3 Å². The van der Waals surface area contributed by atoms with Gasteiger partial charge >= 0.3 is 0 Å². The monoisotopic (exact) mass is 208 g/mol. The largest absolute Gasteiger partial charge is 0.0763 e. The number of rotatable bonds is 2. The van der Waals surface area contributed by atoms with E-state index < -0.39 is 0 Å². The van der Waals surface area contributed by atoms with Crippen molar-refractivity contribution in [3.8, 4) is 0 Å². The number of benzene rings is 2. The smallest absolute Gasteiger partial charge is 0.00851 e. The Labute approximate surface area is 96.6 Å². The Bertz CT molecular complexity index is 561. The molecule has 0 bridgehead atoms. The van der Waals surface area contributed by atoms with E-state index in [1.807, 2.05) is 0 Å². The minimum atomic E-state index is 1.12. The second-order valence-electron chi connectivity index (χ2n) is 4.50. The average molecular weight is 208 g/mol. The molecule has 0 saturated heterocycles. The fourth-order valence-electron chi connectivity index (χ4n) is 2.70. The van der Waals surface area contributed by atoms with Gasteiger partial charge in [-0.3, -0.25) is 0 Å². The van der Waals surface area contributed by atoms with Crippen molar-refractivity contribution in [1.82, 2.24) is 0 Å². The molecular formula is C16H16. The average Bonchev–Trinajstić information content (AvgIpc) is 2.73. The van der Waals surface area contributed by atoms with Gasteiger partial charge in [0.1, 0.15) is 0 Å². The van der Waals surface area contributed by atoms with Gasteiger partial charge in [0.15, 0.2) is 0 Å². The van der Waals surface area contributed by atoms with Gasteiger partial charge in [0.25, 0.3) is 0 Å². The van der Waals surface area contributed by atoms with Crippen molar-refractivity contribution in [3.63, 3.8) is 0 Å². The Balaban J connectivity index is 2.25. The second kappa shape index (κ2) is 3.79. The van der Waals surface area contributed by atoms with Crippen LogP contribution >= 0.6 is 0 Å². The van der Waals surface area contributed by atoms with Crippen molar-refractivity contribution in [2.24, 2.45) is 0 Å². The predicted molar refractivity (Wildman–Crippen MR) is 70.5 cm³/mol. The Morgan fingerprint density at radius 1 is 1.06 bits per heavy atom. The molecule has 0 heterocycles. The minimum Gasteiger partial charge on any atom is -0.0763 e. The maximum atomic E-state index is 2.40. The molecule has 0 aliphatic heterocycles. The summed E-state index contributed by atoms with van der Waals surface area (Å²) >= 11 is 0. The van der Waals surface area contributed by atoms with Crippen LogP contribution in [-0.2, 0) is 6.42 Å². The van der Waals surface area contributed by atoms with E-state index in [0.717, 1.165) is 6.42 Å². The van der Waals surface area contributed by atoms with Crippen LogP contribution in [0.1, 0.15) is 30.9 Å². The van der Waals surface area contributed by atoms with Crippen LogP contribution in [0.5, 0.6) is 0 Å². The summed E-state index contributed by atoms with van der Waals surface area (Å²) in [4.78, 5) is 0. The van der Waals surface area contributed by atoms with Crippen LogP contribution in [0.15, 0.2) is 42.5 Å². The first-order chi connectivity index (χ1) is 7.90. The number of hydrogen-bond acceptors (Lipinski definition) is 0. The van der Waals surface area contributed by atoms with E-state index in [-0.39, 0.29) is 0 Å². The fraction of sp³-hybridized carbons (Fsp3) is 0.250. The Kier molecular flexibility index (Phi) is 2.28. The van der Waals surface area contributed by atoms with E-state index in [2.05, 4.69) is 49.4 Å². The summed E-state index contributed by atoms with van der Waals surface area (Å²) in [5.74, 6) is 0. The van der Waals surface area contributed by atoms with Crippen molar-refractivity contribution in [2.75, 3.05) is 0 Å². The quantitative estimate of drug-likeness (QED) is 0.677. The summed E-state index contributed by atoms with van der Waals surface area (Å²) in [6, 6.07) is 13.3. The number of fused-ring (bicyclic) bond motifs is 3. The van der Waals surface area contributed by atoms with Gasteiger partial charge in [-0.25, -0.2) is 0 Å². The lowest BCUT2D eigenvalue weighted by molar-refractivity contribution is 0.976. The molecule has 2 aromatic rings. The van der Waals surface area contributed by atoms with Gasteiger partial charge in [-0.05, 0) is 40.3 Å².